The molecule has 0 atom stereocenters. The van der Waals surface area contributed by atoms with E-state index < -0.39 is 11.6 Å². The zero-order valence-corrected chi connectivity index (χ0v) is 25.1. The fourth-order valence-corrected chi connectivity index (χ4v) is 5.47. The topological polar surface area (TPSA) is 132 Å². The van der Waals surface area contributed by atoms with E-state index in [9.17, 15) is 23.5 Å². The number of rotatable bonds is 11. The van der Waals surface area contributed by atoms with Gasteiger partial charge in [0.2, 0.25) is 11.8 Å². The van der Waals surface area contributed by atoms with Crippen LogP contribution in [0.3, 0.4) is 0 Å². The molecule has 0 unspecified atom stereocenters. The number of aromatic nitrogens is 2. The molecule has 11 nitrogen and oxygen atoms in total. The molecule has 5 rings (SSSR count). The SMILES string of the molecule is O=C(NCCN1CCC(CO)CC1)c1cccc(Nc2ncc(F)c(OCC3CCN(C(=O)Nc4cccc(F)c4)CC3)n2)c1. The number of aliphatic hydroxyl groups excluding tert-OH is 1. The van der Waals surface area contributed by atoms with E-state index in [2.05, 4.69) is 30.8 Å². The van der Waals surface area contributed by atoms with E-state index in [4.69, 9.17) is 4.74 Å². The number of anilines is 3. The van der Waals surface area contributed by atoms with E-state index in [0.29, 0.717) is 55.3 Å². The first kappa shape index (κ1) is 32.0. The van der Waals surface area contributed by atoms with Gasteiger partial charge in [-0.15, -0.1) is 0 Å². The summed E-state index contributed by atoms with van der Waals surface area (Å²) in [6.45, 7) is 4.53. The summed E-state index contributed by atoms with van der Waals surface area (Å²) in [5, 5.41) is 18.0. The van der Waals surface area contributed by atoms with Crippen molar-refractivity contribution >= 4 is 29.3 Å². The van der Waals surface area contributed by atoms with Crippen molar-refractivity contribution in [3.63, 3.8) is 0 Å². The molecule has 240 valence electrons. The second-order valence-corrected chi connectivity index (χ2v) is 11.5. The van der Waals surface area contributed by atoms with Crippen LogP contribution in [0.25, 0.3) is 0 Å². The number of hydrogen-bond donors (Lipinski definition) is 4. The number of likely N-dealkylation sites (tertiary alicyclic amines) is 2. The number of ether oxygens (including phenoxy) is 1. The number of benzene rings is 2. The third-order valence-electron chi connectivity index (χ3n) is 8.21. The average molecular weight is 624 g/mol. The Morgan fingerprint density at radius 1 is 0.956 bits per heavy atom. The van der Waals surface area contributed by atoms with E-state index in [1.807, 2.05) is 0 Å². The van der Waals surface area contributed by atoms with Gasteiger partial charge in [0.1, 0.15) is 5.82 Å². The molecule has 13 heteroatoms. The number of carbonyl (C=O) groups excluding carboxylic acids is 2. The van der Waals surface area contributed by atoms with Gasteiger partial charge in [-0.25, -0.2) is 14.2 Å². The summed E-state index contributed by atoms with van der Waals surface area (Å²) in [4.78, 5) is 37.4. The van der Waals surface area contributed by atoms with Crippen molar-refractivity contribution in [3.8, 4) is 5.88 Å². The number of piperidine rings is 2. The number of nitrogens with one attached hydrogen (secondary N) is 3. The van der Waals surface area contributed by atoms with Gasteiger partial charge in [-0.3, -0.25) is 4.79 Å². The maximum atomic E-state index is 14.5. The van der Waals surface area contributed by atoms with Crippen LogP contribution in [0.2, 0.25) is 0 Å². The Balaban J connectivity index is 1.07. The molecule has 3 heterocycles. The average Bonchev–Trinajstić information content (AvgIpc) is 3.05. The Morgan fingerprint density at radius 2 is 1.69 bits per heavy atom. The largest absolute Gasteiger partial charge is 0.475 e. The standard InChI is InChI=1S/C32H39F2N7O4/c33-25-4-2-6-27(18-25)38-32(44)41-14-9-23(10-15-41)21-45-30-28(34)19-36-31(39-30)37-26-5-1-3-24(17-26)29(43)35-11-16-40-12-7-22(20-42)8-13-40/h1-6,17-19,22-23,42H,7-16,20-21H2,(H,35,43)(H,38,44)(H,36,37,39). The van der Waals surface area contributed by atoms with Crippen molar-refractivity contribution in [2.75, 3.05) is 63.1 Å². The Bertz CT molecular complexity index is 1450. The molecule has 2 aliphatic rings. The minimum atomic E-state index is -0.693. The molecule has 3 amide bonds. The molecule has 45 heavy (non-hydrogen) atoms. The number of carbonyl (C=O) groups is 2. The fourth-order valence-electron chi connectivity index (χ4n) is 5.47. The van der Waals surface area contributed by atoms with Crippen LogP contribution in [0, 0.1) is 23.5 Å². The first-order valence-electron chi connectivity index (χ1n) is 15.3. The summed E-state index contributed by atoms with van der Waals surface area (Å²) < 4.78 is 33.6. The van der Waals surface area contributed by atoms with Gasteiger partial charge in [0, 0.05) is 49.7 Å². The van der Waals surface area contributed by atoms with E-state index in [-0.39, 0.29) is 42.9 Å². The first-order chi connectivity index (χ1) is 21.9. The highest BCUT2D eigenvalue weighted by Crippen LogP contribution is 2.23. The van der Waals surface area contributed by atoms with E-state index >= 15 is 0 Å². The number of nitrogens with zero attached hydrogens (tertiary/aromatic N) is 4. The molecule has 0 radical (unpaired) electrons. The van der Waals surface area contributed by atoms with Crippen LogP contribution >= 0.6 is 0 Å². The van der Waals surface area contributed by atoms with E-state index in [1.54, 1.807) is 35.2 Å². The van der Waals surface area contributed by atoms with Crippen molar-refractivity contribution in [3.05, 3.63) is 71.9 Å². The maximum Gasteiger partial charge on any atom is 0.321 e. The van der Waals surface area contributed by atoms with Gasteiger partial charge in [0.25, 0.3) is 11.8 Å². The highest BCUT2D eigenvalue weighted by atomic mass is 19.1. The first-order valence-corrected chi connectivity index (χ1v) is 15.3. The smallest absolute Gasteiger partial charge is 0.321 e. The summed E-state index contributed by atoms with van der Waals surface area (Å²) in [7, 11) is 0. The molecular weight excluding hydrogens is 584 g/mol. The number of halogens is 2. The second-order valence-electron chi connectivity index (χ2n) is 11.5. The predicted octanol–water partition coefficient (Wildman–Crippen LogP) is 4.26. The van der Waals surface area contributed by atoms with Gasteiger partial charge < -0.3 is 35.6 Å². The van der Waals surface area contributed by atoms with Gasteiger partial charge >= 0.3 is 6.03 Å². The van der Waals surface area contributed by atoms with Crippen molar-refractivity contribution in [2.24, 2.45) is 11.8 Å². The number of urea groups is 1. The van der Waals surface area contributed by atoms with Crippen molar-refractivity contribution in [1.82, 2.24) is 25.1 Å². The van der Waals surface area contributed by atoms with Crippen LogP contribution in [0.15, 0.2) is 54.7 Å². The monoisotopic (exact) mass is 623 g/mol. The van der Waals surface area contributed by atoms with E-state index in [0.717, 1.165) is 38.7 Å². The van der Waals surface area contributed by atoms with Crippen LogP contribution in [0.4, 0.5) is 30.9 Å². The number of aliphatic hydroxyl groups is 1. The summed E-state index contributed by atoms with van der Waals surface area (Å²) in [6.07, 6.45) is 4.28. The van der Waals surface area contributed by atoms with Crippen LogP contribution in [0.1, 0.15) is 36.0 Å². The maximum absolute atomic E-state index is 14.5. The van der Waals surface area contributed by atoms with Crippen molar-refractivity contribution < 1.29 is 28.2 Å². The van der Waals surface area contributed by atoms with Crippen LogP contribution in [-0.4, -0.2) is 89.3 Å². The molecule has 0 saturated carbocycles. The Hall–Kier alpha value is -4.36. The molecule has 2 saturated heterocycles. The Kier molecular flexibility index (Phi) is 11.1. The highest BCUT2D eigenvalue weighted by Gasteiger charge is 2.24. The molecule has 2 aromatic carbocycles. The molecule has 4 N–H and O–H groups in total. The van der Waals surface area contributed by atoms with Gasteiger partial charge in [0.05, 0.1) is 12.8 Å². The number of amides is 3. The summed E-state index contributed by atoms with van der Waals surface area (Å²) in [6, 6.07) is 12.3. The van der Waals surface area contributed by atoms with Gasteiger partial charge in [-0.2, -0.15) is 9.37 Å². The quantitative estimate of drug-likeness (QED) is 0.249. The fraction of sp³-hybridized carbons (Fsp3) is 0.438. The minimum Gasteiger partial charge on any atom is -0.475 e. The summed E-state index contributed by atoms with van der Waals surface area (Å²) in [5.74, 6) is -0.911. The predicted molar refractivity (Wildman–Crippen MR) is 166 cm³/mol. The zero-order valence-electron chi connectivity index (χ0n) is 25.1. The summed E-state index contributed by atoms with van der Waals surface area (Å²) >= 11 is 0. The molecule has 0 bridgehead atoms. The Morgan fingerprint density at radius 3 is 2.44 bits per heavy atom. The van der Waals surface area contributed by atoms with Crippen molar-refractivity contribution in [1.29, 1.82) is 0 Å². The highest BCUT2D eigenvalue weighted by molar-refractivity contribution is 5.95. The van der Waals surface area contributed by atoms with Gasteiger partial charge in [-0.1, -0.05) is 12.1 Å². The second kappa shape index (κ2) is 15.6. The minimum absolute atomic E-state index is 0.0940. The third kappa shape index (κ3) is 9.32. The Labute approximate surface area is 261 Å². The lowest BCUT2D eigenvalue weighted by molar-refractivity contribution is 0.0939. The molecule has 3 aromatic rings. The molecule has 0 aliphatic carbocycles. The molecule has 2 aliphatic heterocycles. The van der Waals surface area contributed by atoms with Crippen LogP contribution in [0.5, 0.6) is 5.88 Å². The lowest BCUT2D eigenvalue weighted by Crippen LogP contribution is -2.42. The van der Waals surface area contributed by atoms with Crippen LogP contribution < -0.4 is 20.7 Å². The van der Waals surface area contributed by atoms with Gasteiger partial charge in [-0.05, 0) is 87.0 Å². The molecule has 0 spiro atoms. The number of hydrogen-bond acceptors (Lipinski definition) is 8. The van der Waals surface area contributed by atoms with Crippen molar-refractivity contribution in [2.45, 2.75) is 25.7 Å². The normalized spacial score (nSPS) is 16.3. The van der Waals surface area contributed by atoms with Crippen LogP contribution in [-0.2, 0) is 0 Å². The summed E-state index contributed by atoms with van der Waals surface area (Å²) in [5.41, 5.74) is 1.43. The molecular formula is C32H39F2N7O4. The molecule has 2 fully saturated rings. The lowest BCUT2D eigenvalue weighted by Gasteiger charge is -2.31. The molecule has 1 aromatic heterocycles. The zero-order chi connectivity index (χ0) is 31.6. The lowest BCUT2D eigenvalue weighted by atomic mass is 9.98. The van der Waals surface area contributed by atoms with E-state index in [1.165, 1.54) is 18.2 Å². The van der Waals surface area contributed by atoms with Gasteiger partial charge in [0.15, 0.2) is 0 Å². The third-order valence-corrected chi connectivity index (χ3v) is 8.21.